The van der Waals surface area contributed by atoms with Gasteiger partial charge in [0.2, 0.25) is 0 Å². The third kappa shape index (κ3) is 5.81. The number of carbonyl (C=O) groups is 1. The van der Waals surface area contributed by atoms with Crippen LogP contribution in [0, 0.1) is 13.8 Å². The summed E-state index contributed by atoms with van der Waals surface area (Å²) in [6, 6.07) is 2.02. The molecule has 2 heterocycles. The maximum atomic E-state index is 12.3. The van der Waals surface area contributed by atoms with Gasteiger partial charge in [0, 0.05) is 75.2 Å². The number of rotatable bonds is 4. The molecule has 2 aliphatic heterocycles. The van der Waals surface area contributed by atoms with Gasteiger partial charge in [0.25, 0.3) is 0 Å². The molecule has 3 rings (SSSR count). The van der Waals surface area contributed by atoms with Gasteiger partial charge in [-0.1, -0.05) is 5.11 Å². The van der Waals surface area contributed by atoms with Crippen molar-refractivity contribution in [2.75, 3.05) is 57.3 Å². The normalized spacial score (nSPS) is 18.0. The number of carbonyl (C=O) groups excluding carboxylic acids is 1. The fraction of sp³-hybridized carbons (Fsp3) is 0.682. The number of amides is 1. The maximum absolute atomic E-state index is 12.3. The van der Waals surface area contributed by atoms with Crippen molar-refractivity contribution in [3.8, 4) is 0 Å². The van der Waals surface area contributed by atoms with Crippen molar-refractivity contribution in [3.63, 3.8) is 0 Å². The zero-order valence-corrected chi connectivity index (χ0v) is 19.4. The van der Waals surface area contributed by atoms with Crippen LogP contribution in [0.3, 0.4) is 0 Å². The molecule has 31 heavy (non-hydrogen) atoms. The lowest BCUT2D eigenvalue weighted by molar-refractivity contribution is 0.0139. The highest BCUT2D eigenvalue weighted by Gasteiger charge is 2.27. The summed E-state index contributed by atoms with van der Waals surface area (Å²) in [5.74, 6) is 0. The molecule has 1 N–H and O–H groups in total. The van der Waals surface area contributed by atoms with Crippen LogP contribution < -0.4 is 10.2 Å². The molecule has 170 valence electrons. The lowest BCUT2D eigenvalue weighted by atomic mass is 9.98. The van der Waals surface area contributed by atoms with Crippen LogP contribution in [0.1, 0.15) is 37.5 Å². The summed E-state index contributed by atoms with van der Waals surface area (Å²) in [4.78, 5) is 21.9. The lowest BCUT2D eigenvalue weighted by Gasteiger charge is -2.37. The van der Waals surface area contributed by atoms with Crippen LogP contribution >= 0.6 is 0 Å². The fourth-order valence-corrected chi connectivity index (χ4v) is 4.27. The summed E-state index contributed by atoms with van der Waals surface area (Å²) in [6.07, 6.45) is -0.245. The fourth-order valence-electron chi connectivity index (χ4n) is 4.27. The van der Waals surface area contributed by atoms with Gasteiger partial charge in [-0.3, -0.25) is 4.90 Å². The zero-order chi connectivity index (χ0) is 22.6. The van der Waals surface area contributed by atoms with E-state index >= 15 is 0 Å². The Morgan fingerprint density at radius 3 is 2.35 bits per heavy atom. The van der Waals surface area contributed by atoms with Crippen LogP contribution in [0.4, 0.5) is 16.2 Å². The zero-order valence-electron chi connectivity index (χ0n) is 19.4. The SMILES string of the molecule is Cc1c(CN2CCN(C(=O)OC(C)(C)C)CC2)cc(N=[N+]=[N-])c(C)c1N1CCNCC1. The van der Waals surface area contributed by atoms with Gasteiger partial charge in [0.15, 0.2) is 0 Å². The Kier molecular flexibility index (Phi) is 7.30. The smallest absolute Gasteiger partial charge is 0.410 e. The molecule has 1 aromatic carbocycles. The van der Waals surface area contributed by atoms with Gasteiger partial charge in [-0.2, -0.15) is 0 Å². The molecule has 0 aromatic heterocycles. The first-order valence-corrected chi connectivity index (χ1v) is 11.0. The number of hydrogen-bond donors (Lipinski definition) is 1. The molecule has 0 aliphatic carbocycles. The molecule has 0 spiro atoms. The molecule has 0 bridgehead atoms. The van der Waals surface area contributed by atoms with Crippen molar-refractivity contribution < 1.29 is 9.53 Å². The van der Waals surface area contributed by atoms with Crippen molar-refractivity contribution in [3.05, 3.63) is 33.2 Å². The van der Waals surface area contributed by atoms with E-state index in [0.717, 1.165) is 51.4 Å². The predicted octanol–water partition coefficient (Wildman–Crippen LogP) is 3.71. The summed E-state index contributed by atoms with van der Waals surface area (Å²) < 4.78 is 5.50. The molecule has 9 heteroatoms. The Morgan fingerprint density at radius 1 is 1.13 bits per heavy atom. The van der Waals surface area contributed by atoms with Gasteiger partial charge in [-0.25, -0.2) is 4.79 Å². The van der Waals surface area contributed by atoms with E-state index in [0.29, 0.717) is 18.8 Å². The highest BCUT2D eigenvalue weighted by Crippen LogP contribution is 2.36. The van der Waals surface area contributed by atoms with Crippen LogP contribution in [0.25, 0.3) is 10.4 Å². The molecule has 1 aromatic rings. The number of nitrogens with zero attached hydrogens (tertiary/aromatic N) is 6. The van der Waals surface area contributed by atoms with Crippen LogP contribution in [-0.4, -0.2) is 73.9 Å². The van der Waals surface area contributed by atoms with Gasteiger partial charge in [0.1, 0.15) is 5.60 Å². The van der Waals surface area contributed by atoms with Gasteiger partial charge < -0.3 is 19.9 Å². The highest BCUT2D eigenvalue weighted by atomic mass is 16.6. The molecule has 0 saturated carbocycles. The van der Waals surface area contributed by atoms with Gasteiger partial charge in [-0.15, -0.1) is 0 Å². The molecule has 2 fully saturated rings. The number of benzene rings is 1. The van der Waals surface area contributed by atoms with Crippen molar-refractivity contribution in [2.45, 2.75) is 46.8 Å². The summed E-state index contributed by atoms with van der Waals surface area (Å²) in [6.45, 7) is 17.3. The topological polar surface area (TPSA) is 96.8 Å². The molecule has 0 unspecified atom stereocenters. The summed E-state index contributed by atoms with van der Waals surface area (Å²) in [5, 5.41) is 7.37. The standard InChI is InChI=1S/C22H35N7O2/c1-16-18(15-27-10-12-29(13-11-27)21(30)31-22(3,4)5)14-19(25-26-23)17(2)20(16)28-8-6-24-7-9-28/h14,24H,6-13,15H2,1-5H3. The number of azide groups is 1. The summed E-state index contributed by atoms with van der Waals surface area (Å²) in [5.41, 5.74) is 13.9. The summed E-state index contributed by atoms with van der Waals surface area (Å²) in [7, 11) is 0. The van der Waals surface area contributed by atoms with Gasteiger partial charge >= 0.3 is 6.09 Å². The first-order valence-electron chi connectivity index (χ1n) is 11.0. The first-order chi connectivity index (χ1) is 14.7. The van der Waals surface area contributed by atoms with E-state index in [2.05, 4.69) is 32.1 Å². The number of anilines is 1. The molecule has 9 nitrogen and oxygen atoms in total. The number of nitrogens with one attached hydrogen (secondary N) is 1. The Morgan fingerprint density at radius 2 is 1.77 bits per heavy atom. The van der Waals surface area contributed by atoms with E-state index in [1.807, 2.05) is 33.8 Å². The second-order valence-electron chi connectivity index (χ2n) is 9.32. The van der Waals surface area contributed by atoms with E-state index in [9.17, 15) is 4.79 Å². The van der Waals surface area contributed by atoms with Crippen LogP contribution in [-0.2, 0) is 11.3 Å². The molecule has 0 radical (unpaired) electrons. The van der Waals surface area contributed by atoms with Crippen molar-refractivity contribution >= 4 is 17.5 Å². The van der Waals surface area contributed by atoms with Crippen LogP contribution in [0.5, 0.6) is 0 Å². The Bertz CT molecular complexity index is 844. The molecule has 2 aliphatic rings. The Labute approximate surface area is 184 Å². The molecule has 0 atom stereocenters. The third-order valence-electron chi connectivity index (χ3n) is 5.89. The third-order valence-corrected chi connectivity index (χ3v) is 5.89. The minimum atomic E-state index is -0.481. The molecule has 2 saturated heterocycles. The Hall–Kier alpha value is -2.48. The largest absolute Gasteiger partial charge is 0.444 e. The van der Waals surface area contributed by atoms with Crippen LogP contribution in [0.15, 0.2) is 11.2 Å². The van der Waals surface area contributed by atoms with Crippen LogP contribution in [0.2, 0.25) is 0 Å². The average Bonchev–Trinajstić information content (AvgIpc) is 2.72. The number of hydrogen-bond acceptors (Lipinski definition) is 6. The maximum Gasteiger partial charge on any atom is 0.410 e. The minimum Gasteiger partial charge on any atom is -0.444 e. The number of ether oxygens (including phenoxy) is 1. The second kappa shape index (κ2) is 9.77. The average molecular weight is 430 g/mol. The molecular formula is C22H35N7O2. The lowest BCUT2D eigenvalue weighted by Crippen LogP contribution is -2.49. The monoisotopic (exact) mass is 429 g/mol. The van der Waals surface area contributed by atoms with E-state index in [1.165, 1.54) is 16.8 Å². The highest BCUT2D eigenvalue weighted by molar-refractivity contribution is 5.70. The quantitative estimate of drug-likeness (QED) is 0.447. The molecular weight excluding hydrogens is 394 g/mol. The Balaban J connectivity index is 1.75. The van der Waals surface area contributed by atoms with Crippen molar-refractivity contribution in [1.29, 1.82) is 0 Å². The second-order valence-corrected chi connectivity index (χ2v) is 9.32. The van der Waals surface area contributed by atoms with Crippen molar-refractivity contribution in [1.82, 2.24) is 15.1 Å². The predicted molar refractivity (Wildman–Crippen MR) is 123 cm³/mol. The molecule has 1 amide bonds. The van der Waals surface area contributed by atoms with E-state index in [-0.39, 0.29) is 6.09 Å². The van der Waals surface area contributed by atoms with Gasteiger partial charge in [0.05, 0.1) is 0 Å². The van der Waals surface area contributed by atoms with E-state index in [4.69, 9.17) is 10.3 Å². The van der Waals surface area contributed by atoms with Gasteiger partial charge in [-0.05, 0) is 62.9 Å². The minimum absolute atomic E-state index is 0.245. The van der Waals surface area contributed by atoms with Crippen molar-refractivity contribution in [2.24, 2.45) is 5.11 Å². The van der Waals surface area contributed by atoms with E-state index in [1.54, 1.807) is 4.90 Å². The van der Waals surface area contributed by atoms with E-state index < -0.39 is 5.60 Å². The first kappa shape index (κ1) is 23.2. The summed E-state index contributed by atoms with van der Waals surface area (Å²) >= 11 is 0. The number of piperazine rings is 2.